The minimum Gasteiger partial charge on any atom is -0.497 e. The van der Waals surface area contributed by atoms with E-state index in [9.17, 15) is 4.79 Å². The molecule has 1 aliphatic rings. The van der Waals surface area contributed by atoms with Gasteiger partial charge in [-0.05, 0) is 25.0 Å². The van der Waals surface area contributed by atoms with Crippen molar-refractivity contribution in [3.05, 3.63) is 42.1 Å². The van der Waals surface area contributed by atoms with Crippen molar-refractivity contribution in [2.24, 2.45) is 0 Å². The van der Waals surface area contributed by atoms with Crippen LogP contribution >= 0.6 is 0 Å². The molecule has 2 aromatic carbocycles. The first kappa shape index (κ1) is 26.9. The molecule has 2 amide bonds. The molecule has 11 nitrogen and oxygen atoms in total. The molecule has 0 aliphatic carbocycles. The van der Waals surface area contributed by atoms with E-state index in [0.29, 0.717) is 64.6 Å². The summed E-state index contributed by atoms with van der Waals surface area (Å²) in [7, 11) is 7.75. The molecule has 1 atom stereocenters. The number of methoxy groups -OCH3 is 5. The van der Waals surface area contributed by atoms with Gasteiger partial charge in [-0.15, -0.1) is 0 Å². The zero-order chi connectivity index (χ0) is 27.1. The van der Waals surface area contributed by atoms with E-state index in [4.69, 9.17) is 32.9 Å². The summed E-state index contributed by atoms with van der Waals surface area (Å²) in [4.78, 5) is 15.0. The van der Waals surface area contributed by atoms with Gasteiger partial charge in [0, 0.05) is 48.7 Å². The summed E-state index contributed by atoms with van der Waals surface area (Å²) in [5, 5.41) is 7.15. The fourth-order valence-electron chi connectivity index (χ4n) is 4.28. The fraction of sp³-hybridized carbons (Fsp3) is 0.407. The van der Waals surface area contributed by atoms with Gasteiger partial charge in [-0.25, -0.2) is 4.79 Å². The van der Waals surface area contributed by atoms with Gasteiger partial charge in [0.2, 0.25) is 5.75 Å². The van der Waals surface area contributed by atoms with Crippen LogP contribution in [0.4, 0.5) is 10.5 Å². The highest BCUT2D eigenvalue weighted by atomic mass is 16.5. The van der Waals surface area contributed by atoms with Gasteiger partial charge in [0.25, 0.3) is 0 Å². The van der Waals surface area contributed by atoms with E-state index in [2.05, 4.69) is 10.5 Å². The smallest absolute Gasteiger partial charge is 0.322 e. The van der Waals surface area contributed by atoms with Gasteiger partial charge in [0.1, 0.15) is 17.2 Å². The van der Waals surface area contributed by atoms with E-state index in [1.54, 1.807) is 76.8 Å². The molecule has 1 saturated heterocycles. The number of nitrogens with one attached hydrogen (secondary N) is 1. The van der Waals surface area contributed by atoms with Crippen molar-refractivity contribution in [3.63, 3.8) is 0 Å². The van der Waals surface area contributed by atoms with Crippen LogP contribution in [-0.4, -0.2) is 70.9 Å². The number of carbonyl (C=O) groups excluding carboxylic acids is 1. The van der Waals surface area contributed by atoms with E-state index in [-0.39, 0.29) is 18.7 Å². The van der Waals surface area contributed by atoms with Gasteiger partial charge in [-0.2, -0.15) is 0 Å². The molecule has 0 unspecified atom stereocenters. The SMILES string of the molecule is COc1cc(NC(=O)N(Cc2cc(-c3cc(OC)c(OC)c(OC)c3)on2)C[C@@H]2CCCO2)cc(OC)c1. The van der Waals surface area contributed by atoms with Gasteiger partial charge >= 0.3 is 6.03 Å². The highest BCUT2D eigenvalue weighted by Crippen LogP contribution is 2.41. The van der Waals surface area contributed by atoms with Gasteiger partial charge < -0.3 is 43.2 Å². The topological polar surface area (TPSA) is 114 Å². The van der Waals surface area contributed by atoms with E-state index >= 15 is 0 Å². The summed E-state index contributed by atoms with van der Waals surface area (Å²) in [5.41, 5.74) is 1.81. The first-order valence-corrected chi connectivity index (χ1v) is 12.1. The Kier molecular flexibility index (Phi) is 8.80. The molecule has 0 radical (unpaired) electrons. The Hall–Kier alpha value is -4.12. The predicted molar refractivity (Wildman–Crippen MR) is 140 cm³/mol. The average molecular weight is 528 g/mol. The first-order chi connectivity index (χ1) is 18.5. The molecule has 1 N–H and O–H groups in total. The van der Waals surface area contributed by atoms with Crippen LogP contribution in [0.2, 0.25) is 0 Å². The highest BCUT2D eigenvalue weighted by Gasteiger charge is 2.25. The third kappa shape index (κ3) is 6.23. The van der Waals surface area contributed by atoms with Gasteiger partial charge in [0.05, 0.1) is 48.2 Å². The third-order valence-corrected chi connectivity index (χ3v) is 6.20. The second-order valence-corrected chi connectivity index (χ2v) is 8.64. The predicted octanol–water partition coefficient (Wildman–Crippen LogP) is 4.60. The normalized spacial score (nSPS) is 14.6. The number of benzene rings is 2. The molecule has 0 spiro atoms. The Morgan fingerprint density at radius 2 is 1.63 bits per heavy atom. The number of aromatic nitrogens is 1. The average Bonchev–Trinajstić information content (AvgIpc) is 3.64. The van der Waals surface area contributed by atoms with Crippen LogP contribution in [0.15, 0.2) is 40.9 Å². The lowest BCUT2D eigenvalue weighted by Gasteiger charge is -2.25. The number of urea groups is 1. The van der Waals surface area contributed by atoms with Crippen LogP contribution in [0, 0.1) is 0 Å². The molecule has 11 heteroatoms. The van der Waals surface area contributed by atoms with Gasteiger partial charge in [-0.3, -0.25) is 0 Å². The van der Waals surface area contributed by atoms with Crippen molar-refractivity contribution in [2.75, 3.05) is 54.0 Å². The lowest BCUT2D eigenvalue weighted by Crippen LogP contribution is -2.39. The summed E-state index contributed by atoms with van der Waals surface area (Å²) in [6.07, 6.45) is 1.79. The Balaban J connectivity index is 1.56. The van der Waals surface area contributed by atoms with Crippen molar-refractivity contribution in [1.29, 1.82) is 0 Å². The summed E-state index contributed by atoms with van der Waals surface area (Å²) in [6.45, 7) is 1.29. The molecule has 3 aromatic rings. The van der Waals surface area contributed by atoms with E-state index < -0.39 is 0 Å². The van der Waals surface area contributed by atoms with Crippen molar-refractivity contribution in [3.8, 4) is 40.1 Å². The van der Waals surface area contributed by atoms with Crippen molar-refractivity contribution < 1.29 is 37.7 Å². The standard InChI is InChI=1S/C27H33N3O8/c1-32-21-11-18(12-22(14-21)33-2)28-27(31)30(16-20-7-6-8-37-20)15-19-13-23(38-29-19)17-9-24(34-3)26(36-5)25(10-17)35-4/h9-14,20H,6-8,15-16H2,1-5H3,(H,28,31)/t20-/m0/s1. The summed E-state index contributed by atoms with van der Waals surface area (Å²) in [6, 6.07) is 10.2. The molecule has 0 bridgehead atoms. The van der Waals surface area contributed by atoms with Crippen LogP contribution in [-0.2, 0) is 11.3 Å². The second kappa shape index (κ2) is 12.4. The quantitative estimate of drug-likeness (QED) is 0.382. The molecule has 1 aromatic heterocycles. The van der Waals surface area contributed by atoms with E-state index in [0.717, 1.165) is 12.8 Å². The molecule has 1 aliphatic heterocycles. The van der Waals surface area contributed by atoms with Crippen molar-refractivity contribution in [1.82, 2.24) is 10.1 Å². The van der Waals surface area contributed by atoms with Crippen LogP contribution in [0.3, 0.4) is 0 Å². The van der Waals surface area contributed by atoms with Crippen LogP contribution in [0.1, 0.15) is 18.5 Å². The number of amides is 2. The third-order valence-electron chi connectivity index (χ3n) is 6.20. The number of hydrogen-bond acceptors (Lipinski definition) is 9. The number of nitrogens with zero attached hydrogens (tertiary/aromatic N) is 2. The minimum atomic E-state index is -0.312. The highest BCUT2D eigenvalue weighted by molar-refractivity contribution is 5.90. The van der Waals surface area contributed by atoms with Crippen LogP contribution < -0.4 is 29.0 Å². The molecule has 2 heterocycles. The molecule has 1 fully saturated rings. The van der Waals surface area contributed by atoms with Gasteiger partial charge in [-0.1, -0.05) is 5.16 Å². The zero-order valence-corrected chi connectivity index (χ0v) is 22.2. The number of ether oxygens (including phenoxy) is 6. The summed E-state index contributed by atoms with van der Waals surface area (Å²) >= 11 is 0. The maximum atomic E-state index is 13.4. The fourth-order valence-corrected chi connectivity index (χ4v) is 4.28. The van der Waals surface area contributed by atoms with E-state index in [1.165, 1.54) is 0 Å². The molecular formula is C27H33N3O8. The zero-order valence-electron chi connectivity index (χ0n) is 22.2. The number of anilines is 1. The molecule has 0 saturated carbocycles. The second-order valence-electron chi connectivity index (χ2n) is 8.64. The van der Waals surface area contributed by atoms with Crippen LogP contribution in [0.25, 0.3) is 11.3 Å². The lowest BCUT2D eigenvalue weighted by molar-refractivity contribution is 0.0814. The molecule has 4 rings (SSSR count). The van der Waals surface area contributed by atoms with Crippen LogP contribution in [0.5, 0.6) is 28.7 Å². The first-order valence-electron chi connectivity index (χ1n) is 12.1. The van der Waals surface area contributed by atoms with E-state index in [1.807, 2.05) is 0 Å². The molecular weight excluding hydrogens is 494 g/mol. The molecule has 38 heavy (non-hydrogen) atoms. The van der Waals surface area contributed by atoms with Crippen molar-refractivity contribution >= 4 is 11.7 Å². The lowest BCUT2D eigenvalue weighted by atomic mass is 10.1. The Labute approximate surface area is 221 Å². The Morgan fingerprint density at radius 1 is 0.947 bits per heavy atom. The maximum absolute atomic E-state index is 13.4. The molecule has 204 valence electrons. The minimum absolute atomic E-state index is 0.0536. The number of hydrogen-bond donors (Lipinski definition) is 1. The summed E-state index contributed by atoms with van der Waals surface area (Å²) < 4.78 is 38.4. The monoisotopic (exact) mass is 527 g/mol. The number of rotatable bonds is 11. The van der Waals surface area contributed by atoms with Crippen molar-refractivity contribution in [2.45, 2.75) is 25.5 Å². The maximum Gasteiger partial charge on any atom is 0.322 e. The Morgan fingerprint density at radius 3 is 2.18 bits per heavy atom. The van der Waals surface area contributed by atoms with Gasteiger partial charge in [0.15, 0.2) is 17.3 Å². The largest absolute Gasteiger partial charge is 0.497 e. The summed E-state index contributed by atoms with van der Waals surface area (Å²) in [5.74, 6) is 3.09. The number of carbonyl (C=O) groups is 1. The Bertz CT molecular complexity index is 1190.